The standard InChI is InChI=1S/C15H16N6/c1-16-14-7-13(12-9-18-21(2)10-12)19-15(20-14)6-11-4-3-5-17-8-11/h3-5,7-10H,6H2,1-2H3,(H,16,19,20). The van der Waals surface area contributed by atoms with Gasteiger partial charge in [-0.05, 0) is 11.6 Å². The lowest BCUT2D eigenvalue weighted by atomic mass is 10.2. The van der Waals surface area contributed by atoms with Gasteiger partial charge in [0.25, 0.3) is 0 Å². The molecule has 0 spiro atoms. The fourth-order valence-electron chi connectivity index (χ4n) is 2.09. The van der Waals surface area contributed by atoms with E-state index in [1.54, 1.807) is 17.1 Å². The summed E-state index contributed by atoms with van der Waals surface area (Å²) in [7, 11) is 3.74. The number of nitrogens with zero attached hydrogens (tertiary/aromatic N) is 5. The number of hydrogen-bond donors (Lipinski definition) is 1. The Morgan fingerprint density at radius 1 is 1.24 bits per heavy atom. The van der Waals surface area contributed by atoms with Gasteiger partial charge in [-0.25, -0.2) is 9.97 Å². The molecule has 1 N–H and O–H groups in total. The first kappa shape index (κ1) is 13.2. The van der Waals surface area contributed by atoms with Crippen molar-refractivity contribution in [2.75, 3.05) is 12.4 Å². The lowest BCUT2D eigenvalue weighted by Gasteiger charge is -2.06. The molecule has 6 heteroatoms. The lowest BCUT2D eigenvalue weighted by molar-refractivity contribution is 0.768. The predicted molar refractivity (Wildman–Crippen MR) is 80.8 cm³/mol. The van der Waals surface area contributed by atoms with Crippen LogP contribution < -0.4 is 5.32 Å². The average molecular weight is 280 g/mol. The molecule has 3 aromatic rings. The van der Waals surface area contributed by atoms with Crippen molar-refractivity contribution in [3.8, 4) is 11.3 Å². The second kappa shape index (κ2) is 5.70. The minimum atomic E-state index is 0.649. The van der Waals surface area contributed by atoms with Crippen LogP contribution in [0.15, 0.2) is 43.0 Å². The average Bonchev–Trinajstić information content (AvgIpc) is 2.94. The molecule has 0 aromatic carbocycles. The Bertz CT molecular complexity index is 735. The summed E-state index contributed by atoms with van der Waals surface area (Å²) in [6, 6.07) is 5.86. The molecule has 0 atom stereocenters. The number of anilines is 1. The molecular weight excluding hydrogens is 264 g/mol. The van der Waals surface area contributed by atoms with Crippen molar-refractivity contribution in [1.29, 1.82) is 0 Å². The molecule has 0 bridgehead atoms. The highest BCUT2D eigenvalue weighted by Gasteiger charge is 2.08. The van der Waals surface area contributed by atoms with Gasteiger partial charge < -0.3 is 5.32 Å². The van der Waals surface area contributed by atoms with Crippen LogP contribution in [-0.2, 0) is 13.5 Å². The van der Waals surface area contributed by atoms with E-state index in [4.69, 9.17) is 0 Å². The first-order valence-electron chi connectivity index (χ1n) is 6.68. The fourth-order valence-corrected chi connectivity index (χ4v) is 2.09. The van der Waals surface area contributed by atoms with E-state index in [1.165, 1.54) is 0 Å². The zero-order valence-electron chi connectivity index (χ0n) is 12.0. The number of pyridine rings is 1. The predicted octanol–water partition coefficient (Wildman–Crippen LogP) is 1.90. The van der Waals surface area contributed by atoms with E-state index in [9.17, 15) is 0 Å². The third kappa shape index (κ3) is 3.05. The zero-order valence-corrected chi connectivity index (χ0v) is 12.0. The number of hydrogen-bond acceptors (Lipinski definition) is 5. The molecule has 0 amide bonds. The third-order valence-corrected chi connectivity index (χ3v) is 3.11. The van der Waals surface area contributed by atoms with Crippen molar-refractivity contribution in [2.24, 2.45) is 7.05 Å². The van der Waals surface area contributed by atoms with Gasteiger partial charge in [0.1, 0.15) is 11.6 Å². The highest BCUT2D eigenvalue weighted by atomic mass is 15.2. The van der Waals surface area contributed by atoms with E-state index < -0.39 is 0 Å². The molecule has 0 unspecified atom stereocenters. The molecule has 6 nitrogen and oxygen atoms in total. The molecule has 106 valence electrons. The maximum atomic E-state index is 4.63. The zero-order chi connectivity index (χ0) is 14.7. The van der Waals surface area contributed by atoms with Crippen LogP contribution in [0, 0.1) is 0 Å². The summed E-state index contributed by atoms with van der Waals surface area (Å²) < 4.78 is 1.76. The number of rotatable bonds is 4. The Morgan fingerprint density at radius 2 is 2.14 bits per heavy atom. The van der Waals surface area contributed by atoms with E-state index in [0.717, 1.165) is 28.5 Å². The van der Waals surface area contributed by atoms with E-state index in [-0.39, 0.29) is 0 Å². The maximum absolute atomic E-state index is 4.63. The van der Waals surface area contributed by atoms with E-state index >= 15 is 0 Å². The van der Waals surface area contributed by atoms with Gasteiger partial charge in [-0.1, -0.05) is 6.07 Å². The van der Waals surface area contributed by atoms with Crippen LogP contribution in [0.3, 0.4) is 0 Å². The number of aromatic nitrogens is 5. The SMILES string of the molecule is CNc1cc(-c2cnn(C)c2)nc(Cc2cccnc2)n1. The summed E-state index contributed by atoms with van der Waals surface area (Å²) in [6.45, 7) is 0. The maximum Gasteiger partial charge on any atom is 0.135 e. The highest BCUT2D eigenvalue weighted by Crippen LogP contribution is 2.19. The smallest absolute Gasteiger partial charge is 0.135 e. The summed E-state index contributed by atoms with van der Waals surface area (Å²) >= 11 is 0. The number of aryl methyl sites for hydroxylation is 1. The molecule has 21 heavy (non-hydrogen) atoms. The van der Waals surface area contributed by atoms with E-state index in [2.05, 4.69) is 25.4 Å². The van der Waals surface area contributed by atoms with Crippen molar-refractivity contribution < 1.29 is 0 Å². The second-order valence-electron chi connectivity index (χ2n) is 4.75. The largest absolute Gasteiger partial charge is 0.373 e. The Kier molecular flexibility index (Phi) is 3.59. The Labute approximate surface area is 122 Å². The first-order chi connectivity index (χ1) is 10.2. The van der Waals surface area contributed by atoms with Crippen molar-refractivity contribution in [3.63, 3.8) is 0 Å². The van der Waals surface area contributed by atoms with Gasteiger partial charge in [0.2, 0.25) is 0 Å². The van der Waals surface area contributed by atoms with Crippen LogP contribution >= 0.6 is 0 Å². The Balaban J connectivity index is 1.97. The van der Waals surface area contributed by atoms with Gasteiger partial charge in [0.15, 0.2) is 0 Å². The molecule has 0 aliphatic rings. The number of nitrogens with one attached hydrogen (secondary N) is 1. The summed E-state index contributed by atoms with van der Waals surface area (Å²) in [5.41, 5.74) is 2.92. The first-order valence-corrected chi connectivity index (χ1v) is 6.68. The molecule has 3 heterocycles. The lowest BCUT2D eigenvalue weighted by Crippen LogP contribution is -2.02. The van der Waals surface area contributed by atoms with E-state index in [0.29, 0.717) is 6.42 Å². The van der Waals surface area contributed by atoms with Gasteiger partial charge in [0, 0.05) is 50.7 Å². The molecule has 0 aliphatic carbocycles. The van der Waals surface area contributed by atoms with E-state index in [1.807, 2.05) is 44.7 Å². The molecule has 3 rings (SSSR count). The van der Waals surface area contributed by atoms with Crippen LogP contribution in [0.25, 0.3) is 11.3 Å². The summed E-state index contributed by atoms with van der Waals surface area (Å²) in [5, 5.41) is 7.26. The minimum Gasteiger partial charge on any atom is -0.373 e. The van der Waals surface area contributed by atoms with Gasteiger partial charge >= 0.3 is 0 Å². The van der Waals surface area contributed by atoms with Gasteiger partial charge in [-0.3, -0.25) is 9.67 Å². The van der Waals surface area contributed by atoms with Crippen molar-refractivity contribution in [1.82, 2.24) is 24.7 Å². The molecule has 0 saturated heterocycles. The molecular formula is C15H16N6. The van der Waals surface area contributed by atoms with Crippen molar-refractivity contribution in [3.05, 3.63) is 54.4 Å². The van der Waals surface area contributed by atoms with Crippen molar-refractivity contribution >= 4 is 5.82 Å². The fraction of sp³-hybridized carbons (Fsp3) is 0.200. The summed E-state index contributed by atoms with van der Waals surface area (Å²) in [6.07, 6.45) is 7.98. The Morgan fingerprint density at radius 3 is 2.81 bits per heavy atom. The molecule has 0 radical (unpaired) electrons. The summed E-state index contributed by atoms with van der Waals surface area (Å²) in [4.78, 5) is 13.3. The van der Waals surface area contributed by atoms with Crippen LogP contribution in [0.5, 0.6) is 0 Å². The minimum absolute atomic E-state index is 0.649. The monoisotopic (exact) mass is 280 g/mol. The summed E-state index contributed by atoms with van der Waals surface area (Å²) in [5.74, 6) is 1.55. The third-order valence-electron chi connectivity index (χ3n) is 3.11. The molecule has 0 fully saturated rings. The molecule has 0 saturated carbocycles. The Hall–Kier alpha value is -2.76. The van der Waals surface area contributed by atoms with Gasteiger partial charge in [0.05, 0.1) is 11.9 Å². The quantitative estimate of drug-likeness (QED) is 0.790. The van der Waals surface area contributed by atoms with Crippen molar-refractivity contribution in [2.45, 2.75) is 6.42 Å². The van der Waals surface area contributed by atoms with Gasteiger partial charge in [-0.15, -0.1) is 0 Å². The molecule has 3 aromatic heterocycles. The normalized spacial score (nSPS) is 10.6. The topological polar surface area (TPSA) is 68.5 Å². The highest BCUT2D eigenvalue weighted by molar-refractivity contribution is 5.60. The van der Waals surface area contributed by atoms with Gasteiger partial charge in [-0.2, -0.15) is 5.10 Å². The van der Waals surface area contributed by atoms with Crippen LogP contribution in [0.2, 0.25) is 0 Å². The van der Waals surface area contributed by atoms with Crippen LogP contribution in [0.1, 0.15) is 11.4 Å². The molecule has 0 aliphatic heterocycles. The van der Waals surface area contributed by atoms with Crippen LogP contribution in [0.4, 0.5) is 5.82 Å². The second-order valence-corrected chi connectivity index (χ2v) is 4.75. The van der Waals surface area contributed by atoms with Crippen LogP contribution in [-0.4, -0.2) is 31.8 Å².